The van der Waals surface area contributed by atoms with E-state index in [1.165, 1.54) is 6.07 Å². The highest BCUT2D eigenvalue weighted by atomic mass is 19.2. The summed E-state index contributed by atoms with van der Waals surface area (Å²) < 4.78 is 65.8. The number of phenols is 2. The standard InChI is InChI=1S/C14H10F5NO3/c15-9-10(16)12(18)14(13(19)11(9)17)20-4-8(23)5-1-2-6(21)7(22)3-5/h1-3,8,20-23H,4H2. The Hall–Kier alpha value is -2.55. The molecule has 0 spiro atoms. The molecule has 0 heterocycles. The van der Waals surface area contributed by atoms with E-state index in [2.05, 4.69) is 0 Å². The van der Waals surface area contributed by atoms with Crippen LogP contribution in [0.3, 0.4) is 0 Å². The van der Waals surface area contributed by atoms with Crippen LogP contribution in [-0.4, -0.2) is 21.9 Å². The molecule has 0 saturated heterocycles. The Morgan fingerprint density at radius 1 is 0.826 bits per heavy atom. The predicted octanol–water partition coefficient (Wildman–Crippen LogP) is 2.94. The highest BCUT2D eigenvalue weighted by molar-refractivity contribution is 5.48. The van der Waals surface area contributed by atoms with E-state index in [1.54, 1.807) is 0 Å². The van der Waals surface area contributed by atoms with Crippen molar-refractivity contribution in [3.63, 3.8) is 0 Å². The molecule has 0 aliphatic heterocycles. The molecule has 1 atom stereocenters. The Kier molecular flexibility index (Phi) is 4.60. The fourth-order valence-corrected chi connectivity index (χ4v) is 1.82. The van der Waals surface area contributed by atoms with Crippen molar-refractivity contribution in [1.29, 1.82) is 0 Å². The Bertz CT molecular complexity index is 725. The maximum absolute atomic E-state index is 13.4. The van der Waals surface area contributed by atoms with Crippen LogP contribution in [0.1, 0.15) is 11.7 Å². The lowest BCUT2D eigenvalue weighted by Crippen LogP contribution is -2.16. The molecule has 4 nitrogen and oxygen atoms in total. The van der Waals surface area contributed by atoms with E-state index in [9.17, 15) is 32.2 Å². The fraction of sp³-hybridized carbons (Fsp3) is 0.143. The van der Waals surface area contributed by atoms with Crippen molar-refractivity contribution in [1.82, 2.24) is 0 Å². The minimum atomic E-state index is -2.28. The van der Waals surface area contributed by atoms with Gasteiger partial charge in [-0.1, -0.05) is 6.07 Å². The van der Waals surface area contributed by atoms with Crippen LogP contribution >= 0.6 is 0 Å². The number of aromatic hydroxyl groups is 2. The smallest absolute Gasteiger partial charge is 0.200 e. The summed E-state index contributed by atoms with van der Waals surface area (Å²) in [5, 5.41) is 30.2. The predicted molar refractivity (Wildman–Crippen MR) is 69.5 cm³/mol. The molecule has 4 N–H and O–H groups in total. The third-order valence-corrected chi connectivity index (χ3v) is 3.07. The van der Waals surface area contributed by atoms with Crippen LogP contribution in [0.15, 0.2) is 18.2 Å². The zero-order valence-corrected chi connectivity index (χ0v) is 11.2. The molecule has 0 amide bonds. The van der Waals surface area contributed by atoms with Gasteiger partial charge < -0.3 is 20.6 Å². The summed E-state index contributed by atoms with van der Waals surface area (Å²) >= 11 is 0. The van der Waals surface area contributed by atoms with Gasteiger partial charge in [0.15, 0.2) is 34.8 Å². The SMILES string of the molecule is Oc1ccc(C(O)CNc2c(F)c(F)c(F)c(F)c2F)cc1O. The first kappa shape index (κ1) is 16.8. The zero-order chi connectivity index (χ0) is 17.3. The number of aliphatic hydroxyl groups excluding tert-OH is 1. The molecule has 0 bridgehead atoms. The topological polar surface area (TPSA) is 72.7 Å². The van der Waals surface area contributed by atoms with Crippen molar-refractivity contribution in [3.05, 3.63) is 52.8 Å². The van der Waals surface area contributed by atoms with Gasteiger partial charge in [0, 0.05) is 6.54 Å². The van der Waals surface area contributed by atoms with Gasteiger partial charge in [-0.3, -0.25) is 0 Å². The molecule has 0 saturated carbocycles. The Morgan fingerprint density at radius 3 is 1.87 bits per heavy atom. The number of benzene rings is 2. The van der Waals surface area contributed by atoms with Gasteiger partial charge in [-0.15, -0.1) is 0 Å². The van der Waals surface area contributed by atoms with Crippen LogP contribution in [-0.2, 0) is 0 Å². The number of anilines is 1. The molecule has 0 aliphatic rings. The minimum Gasteiger partial charge on any atom is -0.504 e. The van der Waals surface area contributed by atoms with E-state index in [1.807, 2.05) is 5.32 Å². The maximum atomic E-state index is 13.4. The Balaban J connectivity index is 2.22. The van der Waals surface area contributed by atoms with Crippen LogP contribution in [0.4, 0.5) is 27.6 Å². The number of hydrogen-bond donors (Lipinski definition) is 4. The average Bonchev–Trinajstić information content (AvgIpc) is 2.53. The third kappa shape index (κ3) is 3.14. The highest BCUT2D eigenvalue weighted by Crippen LogP contribution is 2.30. The molecule has 1 unspecified atom stereocenters. The first-order valence-corrected chi connectivity index (χ1v) is 6.19. The summed E-state index contributed by atoms with van der Waals surface area (Å²) in [6, 6.07) is 3.26. The van der Waals surface area contributed by atoms with Crippen molar-refractivity contribution in [3.8, 4) is 11.5 Å². The normalized spacial score (nSPS) is 12.3. The molecule has 2 aromatic carbocycles. The number of nitrogens with one attached hydrogen (secondary N) is 1. The molecule has 2 aromatic rings. The molecule has 0 radical (unpaired) electrons. The second-order valence-corrected chi connectivity index (χ2v) is 4.59. The first-order chi connectivity index (χ1) is 10.7. The summed E-state index contributed by atoms with van der Waals surface area (Å²) in [5.41, 5.74) is -1.22. The monoisotopic (exact) mass is 335 g/mol. The van der Waals surface area contributed by atoms with Gasteiger partial charge in [0.05, 0.1) is 6.10 Å². The fourth-order valence-electron chi connectivity index (χ4n) is 1.82. The largest absolute Gasteiger partial charge is 0.504 e. The molecule has 2 rings (SSSR count). The number of phenolic OH excluding ortho intramolecular Hbond substituents is 2. The van der Waals surface area contributed by atoms with E-state index < -0.39 is 58.9 Å². The quantitative estimate of drug-likeness (QED) is 0.300. The van der Waals surface area contributed by atoms with Crippen LogP contribution < -0.4 is 5.32 Å². The summed E-state index contributed by atoms with van der Waals surface area (Å²) in [6.45, 7) is -0.609. The van der Waals surface area contributed by atoms with Crippen LogP contribution in [0.25, 0.3) is 0 Å². The van der Waals surface area contributed by atoms with Gasteiger partial charge in [0.25, 0.3) is 0 Å². The number of aliphatic hydroxyl groups is 1. The molecular formula is C14H10F5NO3. The van der Waals surface area contributed by atoms with Gasteiger partial charge in [-0.05, 0) is 17.7 Å². The summed E-state index contributed by atoms with van der Waals surface area (Å²) in [5.74, 6) is -11.6. The van der Waals surface area contributed by atoms with Crippen molar-refractivity contribution in [2.45, 2.75) is 6.10 Å². The average molecular weight is 335 g/mol. The Morgan fingerprint density at radius 2 is 1.35 bits per heavy atom. The summed E-state index contributed by atoms with van der Waals surface area (Å²) in [6.07, 6.45) is -1.45. The van der Waals surface area contributed by atoms with Crippen molar-refractivity contribution in [2.75, 3.05) is 11.9 Å². The van der Waals surface area contributed by atoms with E-state index >= 15 is 0 Å². The van der Waals surface area contributed by atoms with Crippen molar-refractivity contribution >= 4 is 5.69 Å². The van der Waals surface area contributed by atoms with Gasteiger partial charge in [0.1, 0.15) is 5.69 Å². The first-order valence-electron chi connectivity index (χ1n) is 6.19. The molecule has 0 aliphatic carbocycles. The van der Waals surface area contributed by atoms with Crippen LogP contribution in [0, 0.1) is 29.1 Å². The minimum absolute atomic E-state index is 0.0525. The summed E-state index contributed by atoms with van der Waals surface area (Å²) in [7, 11) is 0. The number of hydrogen-bond acceptors (Lipinski definition) is 4. The van der Waals surface area contributed by atoms with Gasteiger partial charge in [-0.2, -0.15) is 0 Å². The lowest BCUT2D eigenvalue weighted by atomic mass is 10.1. The van der Waals surface area contributed by atoms with Gasteiger partial charge >= 0.3 is 0 Å². The maximum Gasteiger partial charge on any atom is 0.200 e. The lowest BCUT2D eigenvalue weighted by molar-refractivity contribution is 0.190. The van der Waals surface area contributed by atoms with Crippen LogP contribution in [0.2, 0.25) is 0 Å². The molecule has 0 aromatic heterocycles. The van der Waals surface area contributed by atoms with E-state index in [0.29, 0.717) is 0 Å². The third-order valence-electron chi connectivity index (χ3n) is 3.07. The number of halogens is 5. The van der Waals surface area contributed by atoms with E-state index in [4.69, 9.17) is 5.11 Å². The van der Waals surface area contributed by atoms with Crippen LogP contribution in [0.5, 0.6) is 11.5 Å². The molecule has 23 heavy (non-hydrogen) atoms. The van der Waals surface area contributed by atoms with Gasteiger partial charge in [-0.25, -0.2) is 22.0 Å². The second kappa shape index (κ2) is 6.29. The summed E-state index contributed by atoms with van der Waals surface area (Å²) in [4.78, 5) is 0. The molecule has 0 fully saturated rings. The Labute approximate surface area is 126 Å². The van der Waals surface area contributed by atoms with E-state index in [0.717, 1.165) is 12.1 Å². The van der Waals surface area contributed by atoms with Gasteiger partial charge in [0.2, 0.25) is 5.82 Å². The van der Waals surface area contributed by atoms with Crippen molar-refractivity contribution < 1.29 is 37.3 Å². The molecule has 9 heteroatoms. The molecule has 124 valence electrons. The van der Waals surface area contributed by atoms with E-state index in [-0.39, 0.29) is 5.56 Å². The molecular weight excluding hydrogens is 325 g/mol. The highest BCUT2D eigenvalue weighted by Gasteiger charge is 2.26. The zero-order valence-electron chi connectivity index (χ0n) is 11.2. The number of rotatable bonds is 4. The lowest BCUT2D eigenvalue weighted by Gasteiger charge is -2.15. The second-order valence-electron chi connectivity index (χ2n) is 4.59. The van der Waals surface area contributed by atoms with Crippen molar-refractivity contribution in [2.24, 2.45) is 0 Å².